The van der Waals surface area contributed by atoms with Crippen LogP contribution in [0.15, 0.2) is 59.8 Å². The molecule has 2 N–H and O–H groups in total. The normalized spacial score (nSPS) is 12.0. The predicted octanol–water partition coefficient (Wildman–Crippen LogP) is 4.33. The SMILES string of the molecule is C[C@H](Sc1nnc(-c2ccccc2Cl)n1Cc1ccccc1)c1nc(N)nc(N(C)C)n1. The van der Waals surface area contributed by atoms with Crippen LogP contribution >= 0.6 is 23.4 Å². The van der Waals surface area contributed by atoms with Gasteiger partial charge in [-0.15, -0.1) is 10.2 Å². The summed E-state index contributed by atoms with van der Waals surface area (Å²) in [7, 11) is 3.73. The van der Waals surface area contributed by atoms with Crippen LogP contribution < -0.4 is 10.6 Å². The number of thioether (sulfide) groups is 1. The molecule has 0 radical (unpaired) electrons. The van der Waals surface area contributed by atoms with E-state index < -0.39 is 0 Å². The summed E-state index contributed by atoms with van der Waals surface area (Å²) in [5.41, 5.74) is 7.87. The number of nitrogens with two attached hydrogens (primary N) is 1. The maximum absolute atomic E-state index is 6.48. The molecule has 0 fully saturated rings. The third-order valence-electron chi connectivity index (χ3n) is 4.72. The summed E-state index contributed by atoms with van der Waals surface area (Å²) in [6.45, 7) is 2.61. The van der Waals surface area contributed by atoms with Crippen molar-refractivity contribution >= 4 is 35.3 Å². The van der Waals surface area contributed by atoms with Crippen LogP contribution in [0.4, 0.5) is 11.9 Å². The van der Waals surface area contributed by atoms with Crippen molar-refractivity contribution in [3.63, 3.8) is 0 Å². The van der Waals surface area contributed by atoms with Gasteiger partial charge in [0.1, 0.15) is 5.82 Å². The highest BCUT2D eigenvalue weighted by molar-refractivity contribution is 7.99. The first-order chi connectivity index (χ1) is 15.4. The Kier molecular flexibility index (Phi) is 6.57. The van der Waals surface area contributed by atoms with Gasteiger partial charge in [0.05, 0.1) is 16.8 Å². The summed E-state index contributed by atoms with van der Waals surface area (Å²) in [5.74, 6) is 1.99. The molecule has 0 aliphatic carbocycles. The quantitative estimate of drug-likeness (QED) is 0.402. The Morgan fingerprint density at radius 3 is 2.44 bits per heavy atom. The molecule has 0 spiro atoms. The maximum Gasteiger partial charge on any atom is 0.229 e. The topological polar surface area (TPSA) is 98.6 Å². The zero-order valence-corrected chi connectivity index (χ0v) is 19.5. The number of anilines is 2. The third-order valence-corrected chi connectivity index (χ3v) is 6.13. The molecule has 0 saturated carbocycles. The lowest BCUT2D eigenvalue weighted by Gasteiger charge is -2.16. The molecule has 8 nitrogen and oxygen atoms in total. The standard InChI is InChI=1S/C22H23ClN8S/c1-14(18-25-20(24)27-21(26-18)30(2)3)32-22-29-28-19(16-11-7-8-12-17(16)23)31(22)13-15-9-5-4-6-10-15/h4-12,14H,13H2,1-3H3,(H2,24,25,26,27)/t14-/m0/s1. The van der Waals surface area contributed by atoms with Crippen molar-refractivity contribution in [2.45, 2.75) is 23.9 Å². The smallest absolute Gasteiger partial charge is 0.229 e. The molecule has 0 aliphatic heterocycles. The average molecular weight is 467 g/mol. The fourth-order valence-electron chi connectivity index (χ4n) is 3.12. The van der Waals surface area contributed by atoms with Gasteiger partial charge in [0.25, 0.3) is 0 Å². The van der Waals surface area contributed by atoms with Crippen LogP contribution in [0, 0.1) is 0 Å². The van der Waals surface area contributed by atoms with Gasteiger partial charge in [-0.1, -0.05) is 65.8 Å². The van der Waals surface area contributed by atoms with Crippen molar-refractivity contribution < 1.29 is 0 Å². The Morgan fingerprint density at radius 2 is 1.72 bits per heavy atom. The lowest BCUT2D eigenvalue weighted by atomic mass is 10.2. The van der Waals surface area contributed by atoms with E-state index in [9.17, 15) is 0 Å². The molecule has 0 aliphatic rings. The molecule has 2 aromatic carbocycles. The molecule has 0 amide bonds. The van der Waals surface area contributed by atoms with Gasteiger partial charge >= 0.3 is 0 Å². The molecule has 0 bridgehead atoms. The van der Waals surface area contributed by atoms with Crippen LogP contribution in [0.5, 0.6) is 0 Å². The highest BCUT2D eigenvalue weighted by Gasteiger charge is 2.21. The molecule has 2 aromatic heterocycles. The Hall–Kier alpha value is -3.17. The van der Waals surface area contributed by atoms with E-state index in [0.29, 0.717) is 29.2 Å². The van der Waals surface area contributed by atoms with Crippen LogP contribution in [-0.4, -0.2) is 43.8 Å². The number of halogens is 1. The summed E-state index contributed by atoms with van der Waals surface area (Å²) in [4.78, 5) is 14.9. The average Bonchev–Trinajstić information content (AvgIpc) is 3.16. The molecule has 0 unspecified atom stereocenters. The number of hydrogen-bond donors (Lipinski definition) is 1. The maximum atomic E-state index is 6.48. The van der Waals surface area contributed by atoms with Crippen molar-refractivity contribution in [2.75, 3.05) is 24.7 Å². The minimum Gasteiger partial charge on any atom is -0.368 e. The summed E-state index contributed by atoms with van der Waals surface area (Å²) < 4.78 is 2.06. The highest BCUT2D eigenvalue weighted by atomic mass is 35.5. The van der Waals surface area contributed by atoms with Crippen molar-refractivity contribution in [3.8, 4) is 11.4 Å². The molecule has 1 atom stereocenters. The second kappa shape index (κ2) is 9.54. The second-order valence-corrected chi connectivity index (χ2v) is 9.08. The van der Waals surface area contributed by atoms with Gasteiger partial charge in [-0.2, -0.15) is 15.0 Å². The van der Waals surface area contributed by atoms with Gasteiger partial charge in [-0.25, -0.2) is 0 Å². The minimum atomic E-state index is -0.128. The number of nitrogen functional groups attached to an aromatic ring is 1. The van der Waals surface area contributed by atoms with E-state index in [1.807, 2.05) is 63.5 Å². The van der Waals surface area contributed by atoms with Gasteiger partial charge in [0.15, 0.2) is 11.0 Å². The van der Waals surface area contributed by atoms with E-state index in [1.54, 1.807) is 4.90 Å². The van der Waals surface area contributed by atoms with Crippen molar-refractivity contribution in [2.24, 2.45) is 0 Å². The fraction of sp³-hybridized carbons (Fsp3) is 0.227. The molecular formula is C22H23ClN8S. The first kappa shape index (κ1) is 22.0. The van der Waals surface area contributed by atoms with Gasteiger partial charge in [-0.3, -0.25) is 4.57 Å². The Balaban J connectivity index is 1.72. The van der Waals surface area contributed by atoms with Crippen molar-refractivity contribution in [3.05, 3.63) is 71.0 Å². The highest BCUT2D eigenvalue weighted by Crippen LogP contribution is 2.36. The number of nitrogens with zero attached hydrogens (tertiary/aromatic N) is 7. The van der Waals surface area contributed by atoms with E-state index in [-0.39, 0.29) is 11.2 Å². The zero-order valence-electron chi connectivity index (χ0n) is 18.0. The molecular weight excluding hydrogens is 444 g/mol. The van der Waals surface area contributed by atoms with Crippen LogP contribution in [0.1, 0.15) is 23.6 Å². The monoisotopic (exact) mass is 466 g/mol. The molecule has 2 heterocycles. The first-order valence-electron chi connectivity index (χ1n) is 10.00. The predicted molar refractivity (Wildman–Crippen MR) is 129 cm³/mol. The fourth-order valence-corrected chi connectivity index (χ4v) is 4.23. The second-order valence-electron chi connectivity index (χ2n) is 7.36. The molecule has 0 saturated heterocycles. The summed E-state index contributed by atoms with van der Waals surface area (Å²) in [6.07, 6.45) is 0. The lowest BCUT2D eigenvalue weighted by Crippen LogP contribution is -2.16. The van der Waals surface area contributed by atoms with E-state index in [0.717, 1.165) is 16.3 Å². The molecule has 32 heavy (non-hydrogen) atoms. The molecule has 4 aromatic rings. The van der Waals surface area contributed by atoms with E-state index >= 15 is 0 Å². The molecule has 4 rings (SSSR count). The van der Waals surface area contributed by atoms with E-state index in [2.05, 4.69) is 41.8 Å². The number of aromatic nitrogens is 6. The van der Waals surface area contributed by atoms with E-state index in [4.69, 9.17) is 17.3 Å². The third kappa shape index (κ3) is 4.84. The number of hydrogen-bond acceptors (Lipinski definition) is 8. The van der Waals surface area contributed by atoms with Crippen LogP contribution in [0.25, 0.3) is 11.4 Å². The largest absolute Gasteiger partial charge is 0.368 e. The van der Waals surface area contributed by atoms with Crippen molar-refractivity contribution in [1.82, 2.24) is 29.7 Å². The van der Waals surface area contributed by atoms with Gasteiger partial charge in [0.2, 0.25) is 11.9 Å². The Bertz CT molecular complexity index is 1210. The Labute approximate surface area is 195 Å². The minimum absolute atomic E-state index is 0.128. The summed E-state index contributed by atoms with van der Waals surface area (Å²) in [6, 6.07) is 17.8. The van der Waals surface area contributed by atoms with E-state index in [1.165, 1.54) is 11.8 Å². The van der Waals surface area contributed by atoms with Crippen LogP contribution in [0.2, 0.25) is 5.02 Å². The van der Waals surface area contributed by atoms with Gasteiger partial charge in [0, 0.05) is 19.7 Å². The number of rotatable bonds is 7. The Morgan fingerprint density at radius 1 is 1.00 bits per heavy atom. The molecule has 164 valence electrons. The van der Waals surface area contributed by atoms with Gasteiger partial charge < -0.3 is 10.6 Å². The van der Waals surface area contributed by atoms with Crippen molar-refractivity contribution in [1.29, 1.82) is 0 Å². The molecule has 10 heteroatoms. The first-order valence-corrected chi connectivity index (χ1v) is 11.3. The lowest BCUT2D eigenvalue weighted by molar-refractivity contribution is 0.711. The summed E-state index contributed by atoms with van der Waals surface area (Å²) in [5, 5.41) is 10.2. The summed E-state index contributed by atoms with van der Waals surface area (Å²) >= 11 is 7.99. The zero-order chi connectivity index (χ0) is 22.7. The van der Waals surface area contributed by atoms with Gasteiger partial charge in [-0.05, 0) is 24.6 Å². The van der Waals surface area contributed by atoms with Crippen LogP contribution in [0.3, 0.4) is 0 Å². The number of benzene rings is 2. The van der Waals surface area contributed by atoms with Crippen LogP contribution in [-0.2, 0) is 6.54 Å².